The van der Waals surface area contributed by atoms with E-state index in [1.807, 2.05) is 36.4 Å². The lowest BCUT2D eigenvalue weighted by atomic mass is 9.93. The van der Waals surface area contributed by atoms with Crippen molar-refractivity contribution in [2.75, 3.05) is 5.32 Å². The number of halogens is 1. The Bertz CT molecular complexity index is 1050. The predicted octanol–water partition coefficient (Wildman–Crippen LogP) is 2.26. The SMILES string of the molecule is CC(=O)N1Cc2ccccc2CC1C(=O)Nc1ccc(-c2n[nH]c(CN)n2)cc1.Cl. The van der Waals surface area contributed by atoms with Gasteiger partial charge in [0, 0.05) is 31.1 Å². The normalized spacial score (nSPS) is 15.1. The summed E-state index contributed by atoms with van der Waals surface area (Å²) in [7, 11) is 0. The predicted molar refractivity (Wildman–Crippen MR) is 116 cm³/mol. The first-order valence-corrected chi connectivity index (χ1v) is 9.42. The van der Waals surface area contributed by atoms with Gasteiger partial charge >= 0.3 is 0 Å². The summed E-state index contributed by atoms with van der Waals surface area (Å²) >= 11 is 0. The average molecular weight is 427 g/mol. The monoisotopic (exact) mass is 426 g/mol. The molecule has 0 radical (unpaired) electrons. The molecule has 1 unspecified atom stereocenters. The van der Waals surface area contributed by atoms with E-state index in [1.54, 1.807) is 17.0 Å². The van der Waals surface area contributed by atoms with Gasteiger partial charge in [-0.25, -0.2) is 4.98 Å². The number of anilines is 1. The number of benzene rings is 2. The van der Waals surface area contributed by atoms with Gasteiger partial charge in [-0.1, -0.05) is 24.3 Å². The van der Waals surface area contributed by atoms with Crippen LogP contribution in [0.2, 0.25) is 0 Å². The molecule has 1 aliphatic heterocycles. The summed E-state index contributed by atoms with van der Waals surface area (Å²) < 4.78 is 0. The fourth-order valence-electron chi connectivity index (χ4n) is 3.53. The number of hydrogen-bond donors (Lipinski definition) is 3. The molecular formula is C21H23ClN6O2. The summed E-state index contributed by atoms with van der Waals surface area (Å²) in [6.45, 7) is 2.23. The Morgan fingerprint density at radius 3 is 2.50 bits per heavy atom. The third-order valence-corrected chi connectivity index (χ3v) is 5.09. The Morgan fingerprint density at radius 1 is 1.17 bits per heavy atom. The van der Waals surface area contributed by atoms with Crippen LogP contribution < -0.4 is 11.1 Å². The first-order valence-electron chi connectivity index (χ1n) is 9.42. The largest absolute Gasteiger partial charge is 0.326 e. The quantitative estimate of drug-likeness (QED) is 0.591. The second kappa shape index (κ2) is 9.06. The summed E-state index contributed by atoms with van der Waals surface area (Å²) in [5, 5.41) is 9.82. The number of nitrogens with one attached hydrogen (secondary N) is 2. The van der Waals surface area contributed by atoms with Crippen molar-refractivity contribution in [3.63, 3.8) is 0 Å². The van der Waals surface area contributed by atoms with E-state index in [4.69, 9.17) is 5.73 Å². The molecule has 0 fully saturated rings. The molecule has 0 bridgehead atoms. The fourth-order valence-corrected chi connectivity index (χ4v) is 3.53. The number of nitrogens with two attached hydrogens (primary N) is 1. The van der Waals surface area contributed by atoms with Crippen LogP contribution >= 0.6 is 12.4 Å². The molecule has 0 aliphatic carbocycles. The molecule has 1 aromatic heterocycles. The van der Waals surface area contributed by atoms with Gasteiger partial charge in [0.05, 0.1) is 6.54 Å². The lowest BCUT2D eigenvalue weighted by molar-refractivity contribution is -0.138. The number of aromatic amines is 1. The zero-order valence-corrected chi connectivity index (χ0v) is 17.3. The minimum atomic E-state index is -0.540. The summed E-state index contributed by atoms with van der Waals surface area (Å²) in [4.78, 5) is 31.0. The van der Waals surface area contributed by atoms with Crippen LogP contribution in [0.4, 0.5) is 5.69 Å². The van der Waals surface area contributed by atoms with E-state index in [0.29, 0.717) is 30.3 Å². The minimum Gasteiger partial charge on any atom is -0.326 e. The number of amides is 2. The second-order valence-electron chi connectivity index (χ2n) is 7.01. The molecule has 8 nitrogen and oxygen atoms in total. The lowest BCUT2D eigenvalue weighted by Crippen LogP contribution is -2.49. The summed E-state index contributed by atoms with van der Waals surface area (Å²) in [6.07, 6.45) is 0.499. The highest BCUT2D eigenvalue weighted by Gasteiger charge is 2.33. The van der Waals surface area contributed by atoms with Gasteiger partial charge in [-0.15, -0.1) is 12.4 Å². The van der Waals surface area contributed by atoms with Gasteiger partial charge in [0.15, 0.2) is 5.82 Å². The highest BCUT2D eigenvalue weighted by Crippen LogP contribution is 2.25. The summed E-state index contributed by atoms with van der Waals surface area (Å²) in [5.74, 6) is 0.843. The number of carbonyl (C=O) groups is 2. The number of H-pyrrole nitrogens is 1. The van der Waals surface area contributed by atoms with Crippen LogP contribution in [0.3, 0.4) is 0 Å². The highest BCUT2D eigenvalue weighted by molar-refractivity contribution is 5.97. The minimum absolute atomic E-state index is 0. The lowest BCUT2D eigenvalue weighted by Gasteiger charge is -2.35. The Balaban J connectivity index is 0.00000256. The number of carbonyl (C=O) groups excluding carboxylic acids is 2. The number of hydrogen-bond acceptors (Lipinski definition) is 5. The molecule has 3 aromatic rings. The smallest absolute Gasteiger partial charge is 0.247 e. The van der Waals surface area contributed by atoms with Gasteiger partial charge in [0.2, 0.25) is 11.8 Å². The molecule has 1 aliphatic rings. The second-order valence-corrected chi connectivity index (χ2v) is 7.01. The molecular weight excluding hydrogens is 404 g/mol. The molecule has 4 N–H and O–H groups in total. The van der Waals surface area contributed by atoms with Crippen molar-refractivity contribution in [3.05, 3.63) is 65.5 Å². The van der Waals surface area contributed by atoms with Crippen LogP contribution in [0.5, 0.6) is 0 Å². The van der Waals surface area contributed by atoms with Crippen molar-refractivity contribution in [3.8, 4) is 11.4 Å². The maximum absolute atomic E-state index is 12.9. The van der Waals surface area contributed by atoms with Crippen molar-refractivity contribution in [2.24, 2.45) is 5.73 Å². The molecule has 4 rings (SSSR count). The molecule has 2 aromatic carbocycles. The Labute approximate surface area is 180 Å². The Morgan fingerprint density at radius 2 is 1.87 bits per heavy atom. The van der Waals surface area contributed by atoms with E-state index in [9.17, 15) is 9.59 Å². The van der Waals surface area contributed by atoms with Crippen molar-refractivity contribution >= 4 is 29.9 Å². The molecule has 9 heteroatoms. The number of aromatic nitrogens is 3. The van der Waals surface area contributed by atoms with E-state index >= 15 is 0 Å². The summed E-state index contributed by atoms with van der Waals surface area (Å²) in [5.41, 5.74) is 9.19. The zero-order valence-electron chi connectivity index (χ0n) is 16.5. The third kappa shape index (κ3) is 4.34. The van der Waals surface area contributed by atoms with Crippen LogP contribution in [-0.2, 0) is 29.1 Å². The molecule has 0 saturated carbocycles. The molecule has 156 valence electrons. The van der Waals surface area contributed by atoms with Gasteiger partial charge in [-0.2, -0.15) is 5.10 Å². The van der Waals surface area contributed by atoms with Crippen molar-refractivity contribution in [1.82, 2.24) is 20.1 Å². The van der Waals surface area contributed by atoms with Gasteiger partial charge in [0.1, 0.15) is 11.9 Å². The Hall–Kier alpha value is -3.23. The number of nitrogens with zero attached hydrogens (tertiary/aromatic N) is 3. The van der Waals surface area contributed by atoms with Gasteiger partial charge in [-0.3, -0.25) is 14.7 Å². The van der Waals surface area contributed by atoms with E-state index in [1.165, 1.54) is 6.92 Å². The van der Waals surface area contributed by atoms with Crippen LogP contribution in [0, 0.1) is 0 Å². The van der Waals surface area contributed by atoms with Crippen LogP contribution in [0.1, 0.15) is 23.9 Å². The van der Waals surface area contributed by atoms with Crippen molar-refractivity contribution in [2.45, 2.75) is 32.5 Å². The van der Waals surface area contributed by atoms with E-state index in [2.05, 4.69) is 20.5 Å². The Kier molecular flexibility index (Phi) is 6.49. The van der Waals surface area contributed by atoms with Crippen molar-refractivity contribution in [1.29, 1.82) is 0 Å². The number of fused-ring (bicyclic) bond motifs is 1. The standard InChI is InChI=1S/C21H22N6O2.ClH/c1-13(28)27-12-16-5-3-2-4-15(16)10-18(27)21(29)23-17-8-6-14(7-9-17)20-24-19(11-22)25-26-20;/h2-9,18H,10-12,22H2,1H3,(H,23,29)(H,24,25,26);1H. The average Bonchev–Trinajstić information content (AvgIpc) is 3.22. The zero-order chi connectivity index (χ0) is 20.4. The van der Waals surface area contributed by atoms with Gasteiger partial charge in [0.25, 0.3) is 0 Å². The molecule has 2 amide bonds. The molecule has 0 saturated heterocycles. The molecule has 2 heterocycles. The third-order valence-electron chi connectivity index (χ3n) is 5.09. The maximum Gasteiger partial charge on any atom is 0.247 e. The topological polar surface area (TPSA) is 117 Å². The van der Waals surface area contributed by atoms with Crippen LogP contribution in [0.15, 0.2) is 48.5 Å². The maximum atomic E-state index is 12.9. The molecule has 1 atom stereocenters. The van der Waals surface area contributed by atoms with E-state index < -0.39 is 6.04 Å². The first kappa shape index (κ1) is 21.5. The van der Waals surface area contributed by atoms with Gasteiger partial charge in [-0.05, 0) is 35.4 Å². The number of rotatable bonds is 4. The van der Waals surface area contributed by atoms with Crippen LogP contribution in [0.25, 0.3) is 11.4 Å². The van der Waals surface area contributed by atoms with Gasteiger partial charge < -0.3 is 16.0 Å². The fraction of sp³-hybridized carbons (Fsp3) is 0.238. The highest BCUT2D eigenvalue weighted by atomic mass is 35.5. The summed E-state index contributed by atoms with van der Waals surface area (Å²) in [6, 6.07) is 14.6. The van der Waals surface area contributed by atoms with Crippen LogP contribution in [-0.4, -0.2) is 37.9 Å². The first-order chi connectivity index (χ1) is 14.0. The van der Waals surface area contributed by atoms with E-state index in [0.717, 1.165) is 16.7 Å². The molecule has 0 spiro atoms. The van der Waals surface area contributed by atoms with Crippen molar-refractivity contribution < 1.29 is 9.59 Å². The molecule has 30 heavy (non-hydrogen) atoms. The van der Waals surface area contributed by atoms with E-state index in [-0.39, 0.29) is 30.8 Å².